The number of ether oxygens (including phenoxy) is 3. The molecule has 0 aromatic carbocycles. The van der Waals surface area contributed by atoms with Crippen LogP contribution in [0.25, 0.3) is 0 Å². The number of carbonyl (C=O) groups is 2. The predicted molar refractivity (Wildman–Crippen MR) is 141 cm³/mol. The lowest BCUT2D eigenvalue weighted by atomic mass is 9.63. The smallest absolute Gasteiger partial charge is 0.323 e. The quantitative estimate of drug-likeness (QED) is 0.231. The largest absolute Gasteiger partial charge is 0.456 e. The summed E-state index contributed by atoms with van der Waals surface area (Å²) in [6.45, 7) is 25.3. The standard InChI is InChI=1S/C26H46O8Si2/c1-15-18-16(32-22(15)30-8)13-26(20(28)19(18)27)21(34-36(11,12)25(5,6)7)17(33-23(26)29)14-31-35(9,10)24(2,3)4/h16-19,21-22,27H,1,13-14H2,2-12H3/t16-,17+,18-,19-,21?,22-,26-/m0/s1. The van der Waals surface area contributed by atoms with Gasteiger partial charge in [0.25, 0.3) is 0 Å². The van der Waals surface area contributed by atoms with Gasteiger partial charge in [0, 0.05) is 19.4 Å². The molecule has 2 heterocycles. The number of carbonyl (C=O) groups excluding carboxylic acids is 2. The number of cyclic esters (lactones) is 1. The molecular formula is C26H46O8Si2. The lowest BCUT2D eigenvalue weighted by molar-refractivity contribution is -0.174. The first-order valence-electron chi connectivity index (χ1n) is 12.8. The molecule has 1 aliphatic carbocycles. The van der Waals surface area contributed by atoms with Crippen LogP contribution in [0.1, 0.15) is 48.0 Å². The normalized spacial score (nSPS) is 35.9. The van der Waals surface area contributed by atoms with Gasteiger partial charge in [0.1, 0.15) is 12.2 Å². The van der Waals surface area contributed by atoms with Crippen LogP contribution in [0.15, 0.2) is 12.2 Å². The lowest BCUT2D eigenvalue weighted by Gasteiger charge is -2.46. The Morgan fingerprint density at radius 2 is 1.61 bits per heavy atom. The second-order valence-corrected chi connectivity index (χ2v) is 23.2. The van der Waals surface area contributed by atoms with E-state index in [9.17, 15) is 14.7 Å². The van der Waals surface area contributed by atoms with Crippen molar-refractivity contribution < 1.29 is 37.8 Å². The van der Waals surface area contributed by atoms with E-state index in [0.29, 0.717) is 5.57 Å². The fraction of sp³-hybridized carbons (Fsp3) is 0.846. The molecule has 10 heteroatoms. The van der Waals surface area contributed by atoms with Crippen LogP contribution in [-0.4, -0.2) is 77.9 Å². The third-order valence-electron chi connectivity index (χ3n) is 9.30. The highest BCUT2D eigenvalue weighted by Gasteiger charge is 2.71. The molecule has 0 amide bonds. The summed E-state index contributed by atoms with van der Waals surface area (Å²) in [6, 6.07) is 0. The van der Waals surface area contributed by atoms with Gasteiger partial charge in [-0.05, 0) is 41.8 Å². The molecule has 1 spiro atoms. The van der Waals surface area contributed by atoms with Gasteiger partial charge in [-0.25, -0.2) is 0 Å². The Morgan fingerprint density at radius 1 is 1.06 bits per heavy atom. The minimum absolute atomic E-state index is 0.0413. The van der Waals surface area contributed by atoms with Crippen LogP contribution in [0.2, 0.25) is 36.3 Å². The van der Waals surface area contributed by atoms with Crippen molar-refractivity contribution >= 4 is 28.4 Å². The Labute approximate surface area is 218 Å². The van der Waals surface area contributed by atoms with Crippen molar-refractivity contribution in [1.29, 1.82) is 0 Å². The molecule has 0 aromatic rings. The SMILES string of the molecule is C=C1[C@@H](OC)O[C@H]2C[C@]3(C(=O)O[C@H](CO[Si](C)(C)C(C)(C)C)C3O[Si](C)(C)C(C)(C)C)C(=O)[C@@H](O)[C@@H]12. The molecule has 2 saturated heterocycles. The molecule has 3 rings (SSSR count). The molecule has 1 unspecified atom stereocenters. The number of fused-ring (bicyclic) bond motifs is 1. The molecule has 7 atom stereocenters. The average Bonchev–Trinajstić information content (AvgIpc) is 3.18. The molecule has 1 saturated carbocycles. The summed E-state index contributed by atoms with van der Waals surface area (Å²) in [6.07, 6.45) is -4.44. The van der Waals surface area contributed by atoms with Gasteiger partial charge in [-0.1, -0.05) is 48.1 Å². The van der Waals surface area contributed by atoms with Gasteiger partial charge >= 0.3 is 5.97 Å². The molecule has 36 heavy (non-hydrogen) atoms. The number of aliphatic hydroxyl groups excluding tert-OH is 1. The highest BCUT2D eigenvalue weighted by atomic mass is 28.4. The van der Waals surface area contributed by atoms with Gasteiger partial charge in [0.05, 0.1) is 12.7 Å². The first kappa shape index (κ1) is 29.7. The number of esters is 1. The minimum Gasteiger partial charge on any atom is -0.456 e. The van der Waals surface area contributed by atoms with E-state index in [0.717, 1.165) is 0 Å². The molecule has 0 bridgehead atoms. The van der Waals surface area contributed by atoms with E-state index in [2.05, 4.69) is 74.3 Å². The predicted octanol–water partition coefficient (Wildman–Crippen LogP) is 4.19. The second kappa shape index (κ2) is 9.39. The van der Waals surface area contributed by atoms with E-state index >= 15 is 0 Å². The summed E-state index contributed by atoms with van der Waals surface area (Å²) in [7, 11) is -3.17. The van der Waals surface area contributed by atoms with Gasteiger partial charge < -0.3 is 28.2 Å². The van der Waals surface area contributed by atoms with Gasteiger partial charge in [-0.3, -0.25) is 9.59 Å². The fourth-order valence-corrected chi connectivity index (χ4v) is 7.19. The molecule has 8 nitrogen and oxygen atoms in total. The van der Waals surface area contributed by atoms with Gasteiger partial charge in [0.2, 0.25) is 0 Å². The molecule has 1 N–H and O–H groups in total. The maximum atomic E-state index is 13.9. The van der Waals surface area contributed by atoms with Crippen LogP contribution in [0.3, 0.4) is 0 Å². The molecule has 0 radical (unpaired) electrons. The highest BCUT2D eigenvalue weighted by Crippen LogP contribution is 2.54. The van der Waals surface area contributed by atoms with Crippen molar-refractivity contribution in [2.24, 2.45) is 11.3 Å². The minimum atomic E-state index is -2.48. The van der Waals surface area contributed by atoms with E-state index < -0.39 is 70.4 Å². The topological polar surface area (TPSA) is 101 Å². The van der Waals surface area contributed by atoms with E-state index in [4.69, 9.17) is 23.1 Å². The van der Waals surface area contributed by atoms with Crippen LogP contribution < -0.4 is 0 Å². The third kappa shape index (κ3) is 4.71. The summed E-state index contributed by atoms with van der Waals surface area (Å²) in [4.78, 5) is 27.5. The van der Waals surface area contributed by atoms with E-state index in [1.54, 1.807) is 0 Å². The Kier molecular flexibility index (Phi) is 7.74. The maximum absolute atomic E-state index is 13.9. The number of hydrogen-bond donors (Lipinski definition) is 1. The van der Waals surface area contributed by atoms with Crippen molar-refractivity contribution in [2.75, 3.05) is 13.7 Å². The number of rotatable bonds is 6. The van der Waals surface area contributed by atoms with Crippen molar-refractivity contribution in [3.05, 3.63) is 12.2 Å². The Hall–Kier alpha value is -0.886. The number of aliphatic hydroxyl groups is 1. The van der Waals surface area contributed by atoms with E-state index in [1.165, 1.54) is 7.11 Å². The highest BCUT2D eigenvalue weighted by molar-refractivity contribution is 6.74. The molecule has 2 aliphatic heterocycles. The maximum Gasteiger partial charge on any atom is 0.323 e. The monoisotopic (exact) mass is 542 g/mol. The second-order valence-electron chi connectivity index (χ2n) is 13.6. The fourth-order valence-electron chi connectivity index (χ4n) is 4.84. The van der Waals surface area contributed by atoms with Crippen molar-refractivity contribution in [1.82, 2.24) is 0 Å². The first-order chi connectivity index (χ1) is 16.2. The van der Waals surface area contributed by atoms with E-state index in [1.807, 2.05) is 0 Å². The van der Waals surface area contributed by atoms with Crippen LogP contribution in [-0.2, 0) is 32.7 Å². The van der Waals surface area contributed by atoms with Crippen LogP contribution in [0.5, 0.6) is 0 Å². The zero-order valence-corrected chi connectivity index (χ0v) is 25.9. The van der Waals surface area contributed by atoms with Gasteiger partial charge in [0.15, 0.2) is 40.2 Å². The first-order valence-corrected chi connectivity index (χ1v) is 18.6. The summed E-state index contributed by atoms with van der Waals surface area (Å²) < 4.78 is 30.5. The zero-order chi connectivity index (χ0) is 27.6. The number of ketones is 1. The van der Waals surface area contributed by atoms with Crippen molar-refractivity contribution in [3.63, 3.8) is 0 Å². The lowest BCUT2D eigenvalue weighted by Crippen LogP contribution is -2.62. The summed E-state index contributed by atoms with van der Waals surface area (Å²) in [5, 5.41) is 11.0. The third-order valence-corrected chi connectivity index (χ3v) is 18.3. The average molecular weight is 543 g/mol. The summed E-state index contributed by atoms with van der Waals surface area (Å²) in [5.74, 6) is -1.90. The number of Topliss-reactive ketones (excluding diaryl/α,β-unsaturated/α-hetero) is 1. The molecule has 3 aliphatic rings. The number of hydrogen-bond acceptors (Lipinski definition) is 8. The Morgan fingerprint density at radius 3 is 2.11 bits per heavy atom. The summed E-state index contributed by atoms with van der Waals surface area (Å²) >= 11 is 0. The summed E-state index contributed by atoms with van der Waals surface area (Å²) in [5.41, 5.74) is -1.18. The Bertz CT molecular complexity index is 903. The van der Waals surface area contributed by atoms with Gasteiger partial charge in [-0.15, -0.1) is 0 Å². The Balaban J connectivity index is 2.03. The van der Waals surface area contributed by atoms with Crippen LogP contribution in [0.4, 0.5) is 0 Å². The molecule has 0 aromatic heterocycles. The van der Waals surface area contributed by atoms with Gasteiger partial charge in [-0.2, -0.15) is 0 Å². The number of methoxy groups -OCH3 is 1. The van der Waals surface area contributed by atoms with Crippen molar-refractivity contribution in [2.45, 2.75) is 115 Å². The van der Waals surface area contributed by atoms with Crippen molar-refractivity contribution in [3.8, 4) is 0 Å². The molecule has 206 valence electrons. The molecular weight excluding hydrogens is 496 g/mol. The zero-order valence-electron chi connectivity index (χ0n) is 23.9. The van der Waals surface area contributed by atoms with Crippen LogP contribution >= 0.6 is 0 Å². The van der Waals surface area contributed by atoms with Crippen LogP contribution in [0, 0.1) is 11.3 Å². The molecule has 3 fully saturated rings. The van der Waals surface area contributed by atoms with E-state index in [-0.39, 0.29) is 23.1 Å².